The molecule has 1 saturated heterocycles. The van der Waals surface area contributed by atoms with E-state index in [1.807, 2.05) is 11.3 Å². The summed E-state index contributed by atoms with van der Waals surface area (Å²) in [6.45, 7) is 4.64. The lowest BCUT2D eigenvalue weighted by Gasteiger charge is -2.44. The van der Waals surface area contributed by atoms with Crippen molar-refractivity contribution in [2.75, 3.05) is 43.4 Å². The first kappa shape index (κ1) is 8.56. The summed E-state index contributed by atoms with van der Waals surface area (Å²) in [6.07, 6.45) is 0. The highest BCUT2D eigenvalue weighted by Gasteiger charge is 2.30. The standard InChI is InChI=1S/C10H15N3S/c1-12-3-4-13-8(7-12)6-11-9-2-5-14-10(9)13/h2,5,8,11H,3-4,6-7H2,1H3. The molecule has 0 spiro atoms. The van der Waals surface area contributed by atoms with Gasteiger partial charge in [0.25, 0.3) is 0 Å². The van der Waals surface area contributed by atoms with Crippen molar-refractivity contribution in [2.24, 2.45) is 0 Å². The SMILES string of the molecule is CN1CCN2c3sccc3NCC2C1. The van der Waals surface area contributed by atoms with E-state index in [1.54, 1.807) is 0 Å². The lowest BCUT2D eigenvalue weighted by Crippen LogP contribution is -2.56. The third kappa shape index (κ3) is 1.21. The van der Waals surface area contributed by atoms with E-state index in [2.05, 4.69) is 33.6 Å². The molecule has 1 aromatic heterocycles. The van der Waals surface area contributed by atoms with Crippen molar-refractivity contribution >= 4 is 22.0 Å². The summed E-state index contributed by atoms with van der Waals surface area (Å²) in [6, 6.07) is 2.86. The largest absolute Gasteiger partial charge is 0.381 e. The Morgan fingerprint density at radius 3 is 3.36 bits per heavy atom. The maximum Gasteiger partial charge on any atom is 0.115 e. The topological polar surface area (TPSA) is 18.5 Å². The van der Waals surface area contributed by atoms with Gasteiger partial charge in [-0.2, -0.15) is 0 Å². The van der Waals surface area contributed by atoms with Gasteiger partial charge in [0.1, 0.15) is 5.00 Å². The van der Waals surface area contributed by atoms with Crippen molar-refractivity contribution in [2.45, 2.75) is 6.04 Å². The number of rotatable bonds is 0. The van der Waals surface area contributed by atoms with E-state index in [4.69, 9.17) is 0 Å². The average molecular weight is 209 g/mol. The van der Waals surface area contributed by atoms with Gasteiger partial charge in [0.15, 0.2) is 0 Å². The van der Waals surface area contributed by atoms with Gasteiger partial charge in [-0.05, 0) is 18.5 Å². The predicted octanol–water partition coefficient (Wildman–Crippen LogP) is 1.29. The second-order valence-electron chi connectivity index (χ2n) is 4.13. The van der Waals surface area contributed by atoms with E-state index in [1.165, 1.54) is 30.3 Å². The minimum absolute atomic E-state index is 0.667. The molecule has 0 bridgehead atoms. The van der Waals surface area contributed by atoms with Crippen LogP contribution in [0.15, 0.2) is 11.4 Å². The highest BCUT2D eigenvalue weighted by atomic mass is 32.1. The summed E-state index contributed by atoms with van der Waals surface area (Å²) in [5, 5.41) is 7.12. The first-order valence-corrected chi connectivity index (χ1v) is 5.99. The molecule has 3 rings (SSSR count). The number of hydrogen-bond acceptors (Lipinski definition) is 4. The summed E-state index contributed by atoms with van der Waals surface area (Å²) < 4.78 is 0. The third-order valence-corrected chi connectivity index (χ3v) is 4.07. The molecule has 4 heteroatoms. The van der Waals surface area contributed by atoms with Gasteiger partial charge in [-0.1, -0.05) is 0 Å². The molecule has 0 amide bonds. The first-order chi connectivity index (χ1) is 6.84. The number of fused-ring (bicyclic) bond motifs is 3. The number of likely N-dealkylation sites (N-methyl/N-ethyl adjacent to an activating group) is 1. The molecule has 0 radical (unpaired) electrons. The van der Waals surface area contributed by atoms with Gasteiger partial charge >= 0.3 is 0 Å². The number of piperazine rings is 1. The first-order valence-electron chi connectivity index (χ1n) is 5.11. The van der Waals surface area contributed by atoms with E-state index in [-0.39, 0.29) is 0 Å². The fraction of sp³-hybridized carbons (Fsp3) is 0.600. The van der Waals surface area contributed by atoms with Gasteiger partial charge in [0, 0.05) is 26.2 Å². The molecule has 0 aromatic carbocycles. The summed E-state index contributed by atoms with van der Waals surface area (Å²) >= 11 is 1.86. The van der Waals surface area contributed by atoms with E-state index in [0.717, 1.165) is 6.54 Å². The molecule has 14 heavy (non-hydrogen) atoms. The molecular weight excluding hydrogens is 194 g/mol. The zero-order valence-corrected chi connectivity index (χ0v) is 9.18. The van der Waals surface area contributed by atoms with Gasteiger partial charge < -0.3 is 15.1 Å². The lowest BCUT2D eigenvalue weighted by atomic mass is 10.1. The van der Waals surface area contributed by atoms with Crippen LogP contribution in [0.25, 0.3) is 0 Å². The van der Waals surface area contributed by atoms with Gasteiger partial charge in [-0.25, -0.2) is 0 Å². The van der Waals surface area contributed by atoms with Crippen LogP contribution in [0.1, 0.15) is 0 Å². The van der Waals surface area contributed by atoms with Crippen LogP contribution < -0.4 is 10.2 Å². The van der Waals surface area contributed by atoms with Crippen LogP contribution in [0.4, 0.5) is 10.7 Å². The number of thiophene rings is 1. The van der Waals surface area contributed by atoms with Crippen molar-refractivity contribution in [1.29, 1.82) is 0 Å². The number of nitrogens with zero attached hydrogens (tertiary/aromatic N) is 2. The smallest absolute Gasteiger partial charge is 0.115 e. The van der Waals surface area contributed by atoms with Gasteiger partial charge in [-0.15, -0.1) is 11.3 Å². The Balaban J connectivity index is 1.91. The third-order valence-electron chi connectivity index (χ3n) is 3.12. The van der Waals surface area contributed by atoms with Crippen LogP contribution in [0.3, 0.4) is 0 Å². The van der Waals surface area contributed by atoms with Gasteiger partial charge in [0.05, 0.1) is 11.7 Å². The second-order valence-corrected chi connectivity index (χ2v) is 5.02. The van der Waals surface area contributed by atoms with Crippen molar-refractivity contribution in [1.82, 2.24) is 4.90 Å². The summed E-state index contributed by atoms with van der Waals surface area (Å²) in [7, 11) is 2.21. The molecule has 3 heterocycles. The van der Waals surface area contributed by atoms with Crippen molar-refractivity contribution in [3.05, 3.63) is 11.4 Å². The maximum atomic E-state index is 3.50. The second kappa shape index (κ2) is 3.14. The van der Waals surface area contributed by atoms with E-state index >= 15 is 0 Å². The zero-order chi connectivity index (χ0) is 9.54. The number of nitrogens with one attached hydrogen (secondary N) is 1. The van der Waals surface area contributed by atoms with E-state index in [0.29, 0.717) is 6.04 Å². The van der Waals surface area contributed by atoms with Crippen LogP contribution in [-0.2, 0) is 0 Å². The molecule has 1 fully saturated rings. The van der Waals surface area contributed by atoms with Gasteiger partial charge in [-0.3, -0.25) is 0 Å². The van der Waals surface area contributed by atoms with Crippen molar-refractivity contribution < 1.29 is 0 Å². The quantitative estimate of drug-likeness (QED) is 0.694. The fourth-order valence-corrected chi connectivity index (χ4v) is 3.31. The van der Waals surface area contributed by atoms with Gasteiger partial charge in [0.2, 0.25) is 0 Å². The highest BCUT2D eigenvalue weighted by molar-refractivity contribution is 7.15. The van der Waals surface area contributed by atoms with Crippen LogP contribution >= 0.6 is 11.3 Å². The highest BCUT2D eigenvalue weighted by Crippen LogP contribution is 2.37. The van der Waals surface area contributed by atoms with Crippen molar-refractivity contribution in [3.63, 3.8) is 0 Å². The number of hydrogen-bond donors (Lipinski definition) is 1. The van der Waals surface area contributed by atoms with Crippen LogP contribution in [0.5, 0.6) is 0 Å². The Morgan fingerprint density at radius 2 is 2.43 bits per heavy atom. The molecule has 1 aromatic rings. The zero-order valence-electron chi connectivity index (χ0n) is 8.36. The summed E-state index contributed by atoms with van der Waals surface area (Å²) in [5.74, 6) is 0. The fourth-order valence-electron chi connectivity index (χ4n) is 2.34. The molecule has 1 N–H and O–H groups in total. The molecule has 1 atom stereocenters. The monoisotopic (exact) mass is 209 g/mol. The average Bonchev–Trinajstić information content (AvgIpc) is 2.65. The minimum Gasteiger partial charge on any atom is -0.381 e. The minimum atomic E-state index is 0.667. The number of anilines is 2. The lowest BCUT2D eigenvalue weighted by molar-refractivity contribution is 0.271. The van der Waals surface area contributed by atoms with Crippen LogP contribution in [0.2, 0.25) is 0 Å². The molecule has 0 aliphatic carbocycles. The Labute approximate surface area is 88.3 Å². The molecule has 76 valence electrons. The van der Waals surface area contributed by atoms with Crippen molar-refractivity contribution in [3.8, 4) is 0 Å². The Kier molecular flexibility index (Phi) is 1.92. The molecule has 2 aliphatic rings. The maximum absolute atomic E-state index is 3.50. The molecule has 3 nitrogen and oxygen atoms in total. The summed E-state index contributed by atoms with van der Waals surface area (Å²) in [4.78, 5) is 4.98. The molecule has 1 unspecified atom stereocenters. The van der Waals surface area contributed by atoms with Crippen LogP contribution in [-0.4, -0.2) is 44.2 Å². The predicted molar refractivity (Wildman–Crippen MR) is 61.4 cm³/mol. The molecule has 2 aliphatic heterocycles. The Morgan fingerprint density at radius 1 is 1.50 bits per heavy atom. The van der Waals surface area contributed by atoms with E-state index < -0.39 is 0 Å². The molecular formula is C10H15N3S. The Hall–Kier alpha value is -0.740. The Bertz CT molecular complexity index is 336. The molecule has 0 saturated carbocycles. The van der Waals surface area contributed by atoms with E-state index in [9.17, 15) is 0 Å². The van der Waals surface area contributed by atoms with Crippen LogP contribution in [0, 0.1) is 0 Å². The normalized spacial score (nSPS) is 26.6. The summed E-state index contributed by atoms with van der Waals surface area (Å²) in [5.41, 5.74) is 1.33.